The summed E-state index contributed by atoms with van der Waals surface area (Å²) in [5, 5.41) is 3.29. The molecule has 0 bridgehead atoms. The lowest BCUT2D eigenvalue weighted by molar-refractivity contribution is 0.00890. The molecular formula is C16H25N3O. The molecule has 1 aromatic rings. The minimum absolute atomic E-state index is 0.262. The molecule has 2 aliphatic rings. The van der Waals surface area contributed by atoms with Gasteiger partial charge >= 0.3 is 0 Å². The van der Waals surface area contributed by atoms with Gasteiger partial charge in [0, 0.05) is 18.0 Å². The normalized spacial score (nSPS) is 29.4. The number of ether oxygens (including phenoxy) is 1. The molecular weight excluding hydrogens is 250 g/mol. The summed E-state index contributed by atoms with van der Waals surface area (Å²) in [4.78, 5) is 9.64. The zero-order valence-electron chi connectivity index (χ0n) is 12.8. The van der Waals surface area contributed by atoms with Crippen molar-refractivity contribution in [1.82, 2.24) is 15.3 Å². The molecule has 2 atom stereocenters. The third-order valence-corrected chi connectivity index (χ3v) is 4.77. The first-order valence-corrected chi connectivity index (χ1v) is 7.78. The van der Waals surface area contributed by atoms with Crippen LogP contribution in [0.15, 0.2) is 0 Å². The van der Waals surface area contributed by atoms with Crippen LogP contribution in [-0.4, -0.2) is 30.2 Å². The third kappa shape index (κ3) is 2.47. The highest BCUT2D eigenvalue weighted by atomic mass is 16.5. The summed E-state index contributed by atoms with van der Waals surface area (Å²) in [6.07, 6.45) is 5.56. The van der Waals surface area contributed by atoms with Crippen molar-refractivity contribution >= 4 is 0 Å². The van der Waals surface area contributed by atoms with Crippen LogP contribution in [0.25, 0.3) is 0 Å². The molecule has 2 unspecified atom stereocenters. The van der Waals surface area contributed by atoms with Crippen LogP contribution < -0.4 is 5.32 Å². The number of nitrogens with zero attached hydrogens (tertiary/aromatic N) is 2. The minimum atomic E-state index is -0.262. The van der Waals surface area contributed by atoms with E-state index in [2.05, 4.69) is 19.2 Å². The van der Waals surface area contributed by atoms with Crippen LogP contribution in [0.3, 0.4) is 0 Å². The highest BCUT2D eigenvalue weighted by Crippen LogP contribution is 2.35. The van der Waals surface area contributed by atoms with Crippen molar-refractivity contribution in [2.45, 2.75) is 51.6 Å². The van der Waals surface area contributed by atoms with Gasteiger partial charge in [0.15, 0.2) is 5.82 Å². The van der Waals surface area contributed by atoms with Gasteiger partial charge in [-0.3, -0.25) is 0 Å². The Morgan fingerprint density at radius 2 is 2.25 bits per heavy atom. The summed E-state index contributed by atoms with van der Waals surface area (Å²) in [7, 11) is 2.03. The van der Waals surface area contributed by atoms with Gasteiger partial charge in [0.05, 0.1) is 0 Å². The first-order valence-electron chi connectivity index (χ1n) is 7.78. The number of aryl methyl sites for hydroxylation is 2. The molecule has 1 fully saturated rings. The summed E-state index contributed by atoms with van der Waals surface area (Å²) in [6.45, 7) is 6.18. The van der Waals surface area contributed by atoms with Crippen molar-refractivity contribution in [2.75, 3.05) is 20.2 Å². The Balaban J connectivity index is 1.90. The van der Waals surface area contributed by atoms with Crippen LogP contribution in [0.1, 0.15) is 49.0 Å². The molecule has 1 aromatic heterocycles. The van der Waals surface area contributed by atoms with E-state index in [0.717, 1.165) is 56.3 Å². The molecule has 0 saturated carbocycles. The minimum Gasteiger partial charge on any atom is -0.367 e. The van der Waals surface area contributed by atoms with Crippen LogP contribution >= 0.6 is 0 Å². The highest BCUT2D eigenvalue weighted by Gasteiger charge is 2.36. The Bertz CT molecular complexity index is 495. The lowest BCUT2D eigenvalue weighted by Gasteiger charge is -2.28. The molecule has 110 valence electrons. The second kappa shape index (κ2) is 5.41. The smallest absolute Gasteiger partial charge is 0.160 e. The Labute approximate surface area is 121 Å². The first-order chi connectivity index (χ1) is 9.62. The fourth-order valence-electron chi connectivity index (χ4n) is 3.51. The SMILES string of the molecule is CNCC1CCc2nc(C3(C)CCCO3)nc(C)c2C1. The maximum Gasteiger partial charge on any atom is 0.160 e. The van der Waals surface area contributed by atoms with Crippen LogP contribution in [-0.2, 0) is 23.2 Å². The number of rotatable bonds is 3. The average molecular weight is 275 g/mol. The lowest BCUT2D eigenvalue weighted by atomic mass is 9.85. The predicted octanol–water partition coefficient (Wildman–Crippen LogP) is 2.13. The van der Waals surface area contributed by atoms with Gasteiger partial charge in [-0.25, -0.2) is 9.97 Å². The molecule has 3 rings (SSSR count). The average Bonchev–Trinajstić information content (AvgIpc) is 2.88. The van der Waals surface area contributed by atoms with Gasteiger partial charge < -0.3 is 10.1 Å². The van der Waals surface area contributed by atoms with E-state index < -0.39 is 0 Å². The number of hydrogen-bond acceptors (Lipinski definition) is 4. The monoisotopic (exact) mass is 275 g/mol. The molecule has 1 aliphatic heterocycles. The molecule has 1 N–H and O–H groups in total. The van der Waals surface area contributed by atoms with E-state index in [0.29, 0.717) is 0 Å². The largest absolute Gasteiger partial charge is 0.367 e. The van der Waals surface area contributed by atoms with E-state index in [1.54, 1.807) is 0 Å². The summed E-state index contributed by atoms with van der Waals surface area (Å²) in [5.41, 5.74) is 3.53. The Kier molecular flexibility index (Phi) is 3.78. The fraction of sp³-hybridized carbons (Fsp3) is 0.750. The van der Waals surface area contributed by atoms with Crippen LogP contribution in [0.4, 0.5) is 0 Å². The summed E-state index contributed by atoms with van der Waals surface area (Å²) >= 11 is 0. The molecule has 0 amide bonds. The van der Waals surface area contributed by atoms with Crippen LogP contribution in [0.2, 0.25) is 0 Å². The van der Waals surface area contributed by atoms with Gasteiger partial charge in [-0.1, -0.05) is 0 Å². The maximum atomic E-state index is 5.90. The summed E-state index contributed by atoms with van der Waals surface area (Å²) in [5.74, 6) is 1.62. The molecule has 0 radical (unpaired) electrons. The van der Waals surface area contributed by atoms with E-state index in [1.165, 1.54) is 17.7 Å². The second-order valence-corrected chi connectivity index (χ2v) is 6.41. The summed E-state index contributed by atoms with van der Waals surface area (Å²) in [6, 6.07) is 0. The van der Waals surface area contributed by atoms with Gasteiger partial charge in [-0.15, -0.1) is 0 Å². The molecule has 0 aromatic carbocycles. The van der Waals surface area contributed by atoms with E-state index in [4.69, 9.17) is 14.7 Å². The number of hydrogen-bond donors (Lipinski definition) is 1. The third-order valence-electron chi connectivity index (χ3n) is 4.77. The van der Waals surface area contributed by atoms with E-state index in [9.17, 15) is 0 Å². The first kappa shape index (κ1) is 14.0. The zero-order chi connectivity index (χ0) is 14.2. The van der Waals surface area contributed by atoms with Crippen molar-refractivity contribution in [2.24, 2.45) is 5.92 Å². The molecule has 0 spiro atoms. The van der Waals surface area contributed by atoms with Crippen molar-refractivity contribution in [3.8, 4) is 0 Å². The molecule has 4 heteroatoms. The molecule has 2 heterocycles. The zero-order valence-corrected chi connectivity index (χ0v) is 12.8. The van der Waals surface area contributed by atoms with Crippen LogP contribution in [0, 0.1) is 12.8 Å². The Morgan fingerprint density at radius 1 is 1.40 bits per heavy atom. The van der Waals surface area contributed by atoms with E-state index >= 15 is 0 Å². The maximum absolute atomic E-state index is 5.90. The van der Waals surface area contributed by atoms with Gasteiger partial charge in [0.1, 0.15) is 5.60 Å². The number of fused-ring (bicyclic) bond motifs is 1. The second-order valence-electron chi connectivity index (χ2n) is 6.41. The standard InChI is InChI=1S/C16H25N3O/c1-11-13-9-12(10-17-3)5-6-14(13)19-15(18-11)16(2)7-4-8-20-16/h12,17H,4-10H2,1-3H3. The summed E-state index contributed by atoms with van der Waals surface area (Å²) < 4.78 is 5.90. The van der Waals surface area contributed by atoms with Crippen molar-refractivity contribution < 1.29 is 4.74 Å². The van der Waals surface area contributed by atoms with E-state index in [-0.39, 0.29) is 5.60 Å². The lowest BCUT2D eigenvalue weighted by Crippen LogP contribution is -2.29. The fourth-order valence-corrected chi connectivity index (χ4v) is 3.51. The van der Waals surface area contributed by atoms with Gasteiger partial charge in [-0.05, 0) is 71.0 Å². The van der Waals surface area contributed by atoms with Crippen LogP contribution in [0.5, 0.6) is 0 Å². The topological polar surface area (TPSA) is 47.0 Å². The van der Waals surface area contributed by atoms with Crippen molar-refractivity contribution in [1.29, 1.82) is 0 Å². The number of aromatic nitrogens is 2. The number of nitrogens with one attached hydrogen (secondary N) is 1. The molecule has 20 heavy (non-hydrogen) atoms. The Morgan fingerprint density at radius 3 is 2.95 bits per heavy atom. The highest BCUT2D eigenvalue weighted by molar-refractivity contribution is 5.29. The van der Waals surface area contributed by atoms with Crippen molar-refractivity contribution in [3.63, 3.8) is 0 Å². The predicted molar refractivity (Wildman–Crippen MR) is 78.7 cm³/mol. The van der Waals surface area contributed by atoms with E-state index in [1.807, 2.05) is 7.05 Å². The quantitative estimate of drug-likeness (QED) is 0.918. The molecule has 1 saturated heterocycles. The van der Waals surface area contributed by atoms with Gasteiger partial charge in [-0.2, -0.15) is 0 Å². The van der Waals surface area contributed by atoms with Crippen molar-refractivity contribution in [3.05, 3.63) is 22.8 Å². The van der Waals surface area contributed by atoms with Gasteiger partial charge in [0.2, 0.25) is 0 Å². The molecule has 4 nitrogen and oxygen atoms in total. The van der Waals surface area contributed by atoms with Gasteiger partial charge in [0.25, 0.3) is 0 Å². The molecule has 1 aliphatic carbocycles. The Hall–Kier alpha value is -1.00.